The normalized spacial score (nSPS) is 10.1. The molecular weight excluding hydrogens is 228 g/mol. The third kappa shape index (κ3) is 2.29. The smallest absolute Gasteiger partial charge is 0.241 e. The summed E-state index contributed by atoms with van der Waals surface area (Å²) in [6.45, 7) is -0.0983. The first kappa shape index (κ1) is 10.9. The molecule has 0 atom stereocenters. The van der Waals surface area contributed by atoms with Crippen LogP contribution in [-0.2, 0) is 6.61 Å². The maximum atomic E-state index is 9.12. The molecule has 0 amide bonds. The summed E-state index contributed by atoms with van der Waals surface area (Å²) in [5.74, 6) is 0.808. The van der Waals surface area contributed by atoms with Gasteiger partial charge in [-0.3, -0.25) is 0 Å². The van der Waals surface area contributed by atoms with Gasteiger partial charge >= 0.3 is 0 Å². The second-order valence-corrected chi connectivity index (χ2v) is 3.45. The van der Waals surface area contributed by atoms with E-state index in [9.17, 15) is 0 Å². The quantitative estimate of drug-likeness (QED) is 0.889. The maximum absolute atomic E-state index is 9.12. The lowest BCUT2D eigenvalue weighted by Gasteiger charge is -2.08. The number of halogens is 1. The zero-order valence-electron chi connectivity index (χ0n) is 8.30. The van der Waals surface area contributed by atoms with E-state index < -0.39 is 0 Å². The van der Waals surface area contributed by atoms with Gasteiger partial charge in [0.05, 0.1) is 12.8 Å². The van der Waals surface area contributed by atoms with Crippen LogP contribution in [0.1, 0.15) is 5.56 Å². The third-order valence-corrected chi connectivity index (χ3v) is 2.24. The fraction of sp³-hybridized carbons (Fsp3) is 0.0909. The van der Waals surface area contributed by atoms with Crippen LogP contribution in [0.25, 0.3) is 0 Å². The van der Waals surface area contributed by atoms with E-state index in [2.05, 4.69) is 9.97 Å². The van der Waals surface area contributed by atoms with Crippen molar-refractivity contribution >= 4 is 11.6 Å². The van der Waals surface area contributed by atoms with Crippen LogP contribution in [0.4, 0.5) is 0 Å². The molecule has 4 nitrogen and oxygen atoms in total. The minimum absolute atomic E-state index is 0.0983. The van der Waals surface area contributed by atoms with Crippen molar-refractivity contribution in [3.05, 3.63) is 47.4 Å². The van der Waals surface area contributed by atoms with E-state index in [1.54, 1.807) is 12.1 Å². The number of benzene rings is 1. The van der Waals surface area contributed by atoms with Gasteiger partial charge in [-0.05, 0) is 6.07 Å². The Kier molecular flexibility index (Phi) is 3.34. The van der Waals surface area contributed by atoms with Gasteiger partial charge in [0.25, 0.3) is 0 Å². The van der Waals surface area contributed by atoms with Gasteiger partial charge in [0.1, 0.15) is 17.1 Å². The van der Waals surface area contributed by atoms with Gasteiger partial charge < -0.3 is 9.84 Å². The number of hydrogen-bond donors (Lipinski definition) is 1. The molecule has 1 heterocycles. The summed E-state index contributed by atoms with van der Waals surface area (Å²) in [5, 5.41) is 9.45. The minimum Gasteiger partial charge on any atom is -0.437 e. The van der Waals surface area contributed by atoms with Crippen molar-refractivity contribution in [2.75, 3.05) is 0 Å². The van der Waals surface area contributed by atoms with E-state index in [0.717, 1.165) is 0 Å². The average Bonchev–Trinajstić information content (AvgIpc) is 2.33. The monoisotopic (exact) mass is 236 g/mol. The van der Waals surface area contributed by atoms with Crippen LogP contribution >= 0.6 is 11.6 Å². The van der Waals surface area contributed by atoms with Crippen LogP contribution in [0.2, 0.25) is 5.02 Å². The van der Waals surface area contributed by atoms with E-state index in [0.29, 0.717) is 16.3 Å². The standard InChI is InChI=1S/C11H9ClN2O2/c12-9-5-13-7-14-11(9)16-10-4-2-1-3-8(10)6-15/h1-5,7,15H,6H2. The zero-order valence-corrected chi connectivity index (χ0v) is 9.05. The Hall–Kier alpha value is -1.65. The number of rotatable bonds is 3. The van der Waals surface area contributed by atoms with Gasteiger partial charge in [-0.2, -0.15) is 0 Å². The second kappa shape index (κ2) is 4.92. The lowest BCUT2D eigenvalue weighted by Crippen LogP contribution is -1.94. The summed E-state index contributed by atoms with van der Waals surface area (Å²) in [4.78, 5) is 7.66. The van der Waals surface area contributed by atoms with E-state index in [1.807, 2.05) is 12.1 Å². The molecule has 0 aliphatic heterocycles. The largest absolute Gasteiger partial charge is 0.437 e. The van der Waals surface area contributed by atoms with Gasteiger partial charge in [-0.1, -0.05) is 29.8 Å². The summed E-state index contributed by atoms with van der Waals surface area (Å²) < 4.78 is 5.49. The maximum Gasteiger partial charge on any atom is 0.241 e. The Morgan fingerprint density at radius 2 is 2.12 bits per heavy atom. The fourth-order valence-electron chi connectivity index (χ4n) is 1.21. The average molecular weight is 237 g/mol. The molecule has 5 heteroatoms. The predicted molar refractivity (Wildman–Crippen MR) is 59.5 cm³/mol. The first-order valence-electron chi connectivity index (χ1n) is 4.63. The molecule has 0 saturated heterocycles. The molecule has 2 rings (SSSR count). The molecule has 1 aromatic carbocycles. The third-order valence-electron chi connectivity index (χ3n) is 1.98. The van der Waals surface area contributed by atoms with E-state index in [4.69, 9.17) is 21.4 Å². The van der Waals surface area contributed by atoms with Gasteiger partial charge in [-0.25, -0.2) is 9.97 Å². The summed E-state index contributed by atoms with van der Waals surface area (Å²) in [6.07, 6.45) is 2.80. The van der Waals surface area contributed by atoms with E-state index in [-0.39, 0.29) is 12.5 Å². The Labute approximate surface area is 97.5 Å². The molecule has 16 heavy (non-hydrogen) atoms. The molecule has 1 aromatic heterocycles. The molecule has 0 unspecified atom stereocenters. The molecule has 0 spiro atoms. The number of aliphatic hydroxyl groups excluding tert-OH is 1. The summed E-state index contributed by atoms with van der Waals surface area (Å²) in [5.41, 5.74) is 0.678. The van der Waals surface area contributed by atoms with Crippen molar-refractivity contribution in [3.8, 4) is 11.6 Å². The highest BCUT2D eigenvalue weighted by molar-refractivity contribution is 6.31. The molecule has 0 aliphatic rings. The van der Waals surface area contributed by atoms with Crippen molar-refractivity contribution in [3.63, 3.8) is 0 Å². The Bertz CT molecular complexity index is 491. The Morgan fingerprint density at radius 1 is 1.31 bits per heavy atom. The lowest BCUT2D eigenvalue weighted by atomic mass is 10.2. The van der Waals surface area contributed by atoms with Gasteiger partial charge in [0.15, 0.2) is 0 Å². The predicted octanol–water partition coefficient (Wildman–Crippen LogP) is 2.41. The number of ether oxygens (including phenoxy) is 1. The number of nitrogens with zero attached hydrogens (tertiary/aromatic N) is 2. The second-order valence-electron chi connectivity index (χ2n) is 3.04. The van der Waals surface area contributed by atoms with Gasteiger partial charge in [0, 0.05) is 5.56 Å². The van der Waals surface area contributed by atoms with Crippen molar-refractivity contribution in [1.29, 1.82) is 0 Å². The number of aromatic nitrogens is 2. The molecule has 0 radical (unpaired) electrons. The molecule has 1 N–H and O–H groups in total. The first-order chi connectivity index (χ1) is 7.81. The van der Waals surface area contributed by atoms with Crippen LogP contribution in [0, 0.1) is 0 Å². The summed E-state index contributed by atoms with van der Waals surface area (Å²) >= 11 is 5.86. The van der Waals surface area contributed by atoms with Crippen molar-refractivity contribution in [2.24, 2.45) is 0 Å². The van der Waals surface area contributed by atoms with E-state index in [1.165, 1.54) is 12.5 Å². The van der Waals surface area contributed by atoms with Crippen molar-refractivity contribution in [2.45, 2.75) is 6.61 Å². The molecule has 82 valence electrons. The van der Waals surface area contributed by atoms with Crippen LogP contribution < -0.4 is 4.74 Å². The fourth-order valence-corrected chi connectivity index (χ4v) is 1.36. The Morgan fingerprint density at radius 3 is 2.88 bits per heavy atom. The highest BCUT2D eigenvalue weighted by Gasteiger charge is 2.07. The van der Waals surface area contributed by atoms with Crippen LogP contribution in [0.15, 0.2) is 36.8 Å². The summed E-state index contributed by atoms with van der Waals surface area (Å²) in [7, 11) is 0. The number of para-hydroxylation sites is 1. The summed E-state index contributed by atoms with van der Waals surface area (Å²) in [6, 6.07) is 7.14. The van der Waals surface area contributed by atoms with Crippen molar-refractivity contribution < 1.29 is 9.84 Å². The van der Waals surface area contributed by atoms with Crippen molar-refractivity contribution in [1.82, 2.24) is 9.97 Å². The topological polar surface area (TPSA) is 55.2 Å². The lowest BCUT2D eigenvalue weighted by molar-refractivity contribution is 0.276. The van der Waals surface area contributed by atoms with E-state index >= 15 is 0 Å². The number of aliphatic hydroxyl groups is 1. The molecule has 0 saturated carbocycles. The molecule has 0 fully saturated rings. The van der Waals surface area contributed by atoms with Gasteiger partial charge in [0.2, 0.25) is 5.88 Å². The molecule has 2 aromatic rings. The van der Waals surface area contributed by atoms with Crippen LogP contribution in [0.3, 0.4) is 0 Å². The molecule has 0 aliphatic carbocycles. The molecule has 0 bridgehead atoms. The SMILES string of the molecule is OCc1ccccc1Oc1ncncc1Cl. The first-order valence-corrected chi connectivity index (χ1v) is 5.01. The van der Waals surface area contributed by atoms with Crippen LogP contribution in [0.5, 0.6) is 11.6 Å². The zero-order chi connectivity index (χ0) is 11.4. The highest BCUT2D eigenvalue weighted by Crippen LogP contribution is 2.28. The number of hydrogen-bond acceptors (Lipinski definition) is 4. The van der Waals surface area contributed by atoms with Gasteiger partial charge in [-0.15, -0.1) is 0 Å². The minimum atomic E-state index is -0.0983. The molecular formula is C11H9ClN2O2. The highest BCUT2D eigenvalue weighted by atomic mass is 35.5. The Balaban J connectivity index is 2.30. The van der Waals surface area contributed by atoms with Crippen LogP contribution in [-0.4, -0.2) is 15.1 Å².